The highest BCUT2D eigenvalue weighted by Gasteiger charge is 2.08. The molecule has 72 valence electrons. The molecule has 0 amide bonds. The van der Waals surface area contributed by atoms with Gasteiger partial charge in [0.25, 0.3) is 0 Å². The Morgan fingerprint density at radius 2 is 2.29 bits per heavy atom. The normalized spacial score (nSPS) is 10.4. The van der Waals surface area contributed by atoms with E-state index in [1.807, 2.05) is 6.92 Å². The average Bonchev–Trinajstić information content (AvgIpc) is 2.52. The first kappa shape index (κ1) is 8.68. The molecule has 0 bridgehead atoms. The smallest absolute Gasteiger partial charge is 0.192 e. The SMILES string of the molecule is Cc1cc(=O)c(-c2nncn2C)c[nH]1. The molecule has 2 aromatic rings. The van der Waals surface area contributed by atoms with E-state index in [1.165, 1.54) is 0 Å². The lowest BCUT2D eigenvalue weighted by Crippen LogP contribution is -2.08. The number of rotatable bonds is 1. The molecule has 0 saturated heterocycles. The molecule has 0 spiro atoms. The summed E-state index contributed by atoms with van der Waals surface area (Å²) in [4.78, 5) is 14.6. The van der Waals surface area contributed by atoms with Gasteiger partial charge < -0.3 is 9.55 Å². The van der Waals surface area contributed by atoms with E-state index in [0.29, 0.717) is 11.4 Å². The van der Waals surface area contributed by atoms with E-state index >= 15 is 0 Å². The molecular formula is C9H10N4O. The van der Waals surface area contributed by atoms with Crippen molar-refractivity contribution in [1.82, 2.24) is 19.7 Å². The molecule has 0 radical (unpaired) electrons. The largest absolute Gasteiger partial charge is 0.364 e. The van der Waals surface area contributed by atoms with Crippen LogP contribution in [0.15, 0.2) is 23.4 Å². The third kappa shape index (κ3) is 1.32. The molecule has 2 aromatic heterocycles. The Hall–Kier alpha value is -1.91. The molecule has 0 aromatic carbocycles. The molecule has 0 aliphatic rings. The van der Waals surface area contributed by atoms with Crippen molar-refractivity contribution in [3.05, 3.63) is 34.5 Å². The maximum absolute atomic E-state index is 11.6. The molecule has 0 saturated carbocycles. The third-order valence-electron chi connectivity index (χ3n) is 2.01. The first-order chi connectivity index (χ1) is 6.68. The Bertz CT molecular complexity index is 512. The summed E-state index contributed by atoms with van der Waals surface area (Å²) in [5, 5.41) is 7.59. The Morgan fingerprint density at radius 3 is 2.86 bits per heavy atom. The van der Waals surface area contributed by atoms with E-state index in [2.05, 4.69) is 15.2 Å². The van der Waals surface area contributed by atoms with Crippen LogP contribution in [0.3, 0.4) is 0 Å². The first-order valence-electron chi connectivity index (χ1n) is 4.22. The van der Waals surface area contributed by atoms with Crippen LogP contribution >= 0.6 is 0 Å². The fraction of sp³-hybridized carbons (Fsp3) is 0.222. The lowest BCUT2D eigenvalue weighted by atomic mass is 10.2. The highest BCUT2D eigenvalue weighted by atomic mass is 16.1. The average molecular weight is 190 g/mol. The van der Waals surface area contributed by atoms with E-state index < -0.39 is 0 Å². The number of nitrogens with one attached hydrogen (secondary N) is 1. The summed E-state index contributed by atoms with van der Waals surface area (Å²) in [5.41, 5.74) is 1.33. The summed E-state index contributed by atoms with van der Waals surface area (Å²) < 4.78 is 1.71. The monoisotopic (exact) mass is 190 g/mol. The molecule has 0 aliphatic heterocycles. The lowest BCUT2D eigenvalue weighted by molar-refractivity contribution is 0.916. The summed E-state index contributed by atoms with van der Waals surface area (Å²) in [6.45, 7) is 1.84. The van der Waals surface area contributed by atoms with E-state index in [1.54, 1.807) is 30.2 Å². The summed E-state index contributed by atoms with van der Waals surface area (Å²) in [7, 11) is 1.80. The zero-order valence-corrected chi connectivity index (χ0v) is 7.98. The van der Waals surface area contributed by atoms with E-state index in [4.69, 9.17) is 0 Å². The highest BCUT2D eigenvalue weighted by Crippen LogP contribution is 2.08. The predicted molar refractivity (Wildman–Crippen MR) is 51.8 cm³/mol. The summed E-state index contributed by atoms with van der Waals surface area (Å²) in [6, 6.07) is 1.55. The van der Waals surface area contributed by atoms with Crippen LogP contribution in [0.5, 0.6) is 0 Å². The van der Waals surface area contributed by atoms with Crippen LogP contribution in [0.4, 0.5) is 0 Å². The quantitative estimate of drug-likeness (QED) is 0.711. The van der Waals surface area contributed by atoms with E-state index in [9.17, 15) is 4.79 Å². The fourth-order valence-corrected chi connectivity index (χ4v) is 1.27. The van der Waals surface area contributed by atoms with Gasteiger partial charge in [-0.2, -0.15) is 0 Å². The lowest BCUT2D eigenvalue weighted by Gasteiger charge is -1.99. The number of aromatic amines is 1. The van der Waals surface area contributed by atoms with Gasteiger partial charge in [0.15, 0.2) is 11.3 Å². The topological polar surface area (TPSA) is 63.6 Å². The van der Waals surface area contributed by atoms with Gasteiger partial charge in [-0.3, -0.25) is 4.79 Å². The van der Waals surface area contributed by atoms with E-state index in [0.717, 1.165) is 5.69 Å². The second-order valence-corrected chi connectivity index (χ2v) is 3.16. The minimum absolute atomic E-state index is 0.0441. The molecule has 1 N–H and O–H groups in total. The molecule has 14 heavy (non-hydrogen) atoms. The molecule has 5 nitrogen and oxygen atoms in total. The second-order valence-electron chi connectivity index (χ2n) is 3.16. The van der Waals surface area contributed by atoms with Crippen LogP contribution in [0.2, 0.25) is 0 Å². The van der Waals surface area contributed by atoms with Crippen molar-refractivity contribution >= 4 is 0 Å². The van der Waals surface area contributed by atoms with Crippen molar-refractivity contribution in [3.8, 4) is 11.4 Å². The van der Waals surface area contributed by atoms with Crippen molar-refractivity contribution in [1.29, 1.82) is 0 Å². The maximum Gasteiger partial charge on any atom is 0.192 e. The first-order valence-corrected chi connectivity index (χ1v) is 4.22. The molecule has 0 fully saturated rings. The van der Waals surface area contributed by atoms with Crippen LogP contribution < -0.4 is 5.43 Å². The zero-order valence-electron chi connectivity index (χ0n) is 7.98. The second kappa shape index (κ2) is 3.10. The Morgan fingerprint density at radius 1 is 1.50 bits per heavy atom. The minimum Gasteiger partial charge on any atom is -0.364 e. The van der Waals surface area contributed by atoms with Gasteiger partial charge in [0.2, 0.25) is 0 Å². The number of hydrogen-bond donors (Lipinski definition) is 1. The van der Waals surface area contributed by atoms with Gasteiger partial charge in [0.05, 0.1) is 5.56 Å². The van der Waals surface area contributed by atoms with Crippen LogP contribution in [0.1, 0.15) is 5.69 Å². The van der Waals surface area contributed by atoms with Gasteiger partial charge in [-0.05, 0) is 6.92 Å². The summed E-state index contributed by atoms with van der Waals surface area (Å²) >= 11 is 0. The molecule has 0 aliphatic carbocycles. The minimum atomic E-state index is -0.0441. The van der Waals surface area contributed by atoms with Gasteiger partial charge in [-0.25, -0.2) is 0 Å². The summed E-state index contributed by atoms with van der Waals surface area (Å²) in [5.74, 6) is 0.575. The predicted octanol–water partition coefficient (Wildman–Crippen LogP) is 0.479. The number of hydrogen-bond acceptors (Lipinski definition) is 3. The standard InChI is InChI=1S/C9H10N4O/c1-6-3-8(14)7(4-10-6)9-12-11-5-13(9)2/h3-5H,1-2H3,(H,10,14). The van der Waals surface area contributed by atoms with Gasteiger partial charge in [-0.1, -0.05) is 0 Å². The number of H-pyrrole nitrogens is 1. The molecule has 2 rings (SSSR count). The van der Waals surface area contributed by atoms with Crippen molar-refractivity contribution in [3.63, 3.8) is 0 Å². The van der Waals surface area contributed by atoms with Crippen molar-refractivity contribution in [2.45, 2.75) is 6.92 Å². The number of aryl methyl sites for hydroxylation is 2. The van der Waals surface area contributed by atoms with Crippen LogP contribution in [-0.4, -0.2) is 19.7 Å². The van der Waals surface area contributed by atoms with Crippen molar-refractivity contribution in [2.24, 2.45) is 7.05 Å². The third-order valence-corrected chi connectivity index (χ3v) is 2.01. The molecule has 2 heterocycles. The fourth-order valence-electron chi connectivity index (χ4n) is 1.27. The van der Waals surface area contributed by atoms with Crippen molar-refractivity contribution < 1.29 is 0 Å². The van der Waals surface area contributed by atoms with E-state index in [-0.39, 0.29) is 5.43 Å². The van der Waals surface area contributed by atoms with Gasteiger partial charge in [0, 0.05) is 25.0 Å². The van der Waals surface area contributed by atoms with Crippen LogP contribution in [0.25, 0.3) is 11.4 Å². The molecule has 5 heteroatoms. The van der Waals surface area contributed by atoms with Crippen molar-refractivity contribution in [2.75, 3.05) is 0 Å². The maximum atomic E-state index is 11.6. The highest BCUT2D eigenvalue weighted by molar-refractivity contribution is 5.53. The Kier molecular flexibility index (Phi) is 1.92. The molecule has 0 atom stereocenters. The number of nitrogens with zero attached hydrogens (tertiary/aromatic N) is 3. The summed E-state index contributed by atoms with van der Waals surface area (Å²) in [6.07, 6.45) is 3.22. The Balaban J connectivity index is 2.64. The number of aromatic nitrogens is 4. The van der Waals surface area contributed by atoms with Gasteiger partial charge in [-0.15, -0.1) is 10.2 Å². The van der Waals surface area contributed by atoms with Crippen LogP contribution in [0, 0.1) is 6.92 Å². The zero-order chi connectivity index (χ0) is 10.1. The Labute approximate surface area is 80.4 Å². The van der Waals surface area contributed by atoms with Crippen LogP contribution in [-0.2, 0) is 7.05 Å². The molecule has 0 unspecified atom stereocenters. The molecular weight excluding hydrogens is 180 g/mol. The van der Waals surface area contributed by atoms with Gasteiger partial charge in [0.1, 0.15) is 6.33 Å². The van der Waals surface area contributed by atoms with Gasteiger partial charge >= 0.3 is 0 Å². The number of pyridine rings is 1.